The summed E-state index contributed by atoms with van der Waals surface area (Å²) in [4.78, 5) is 17.0. The van der Waals surface area contributed by atoms with Gasteiger partial charge in [-0.3, -0.25) is 4.79 Å². The number of benzene rings is 3. The van der Waals surface area contributed by atoms with Gasteiger partial charge in [-0.2, -0.15) is 5.10 Å². The first-order valence-electron chi connectivity index (χ1n) is 9.56. The lowest BCUT2D eigenvalue weighted by atomic mass is 10.1. The molecule has 1 amide bonds. The van der Waals surface area contributed by atoms with E-state index in [-0.39, 0.29) is 5.91 Å². The highest BCUT2D eigenvalue weighted by Gasteiger charge is 2.07. The maximum Gasteiger partial charge on any atom is 0.271 e. The first-order chi connectivity index (χ1) is 14.6. The number of hydrogen-bond donors (Lipinski definition) is 1. The van der Waals surface area contributed by atoms with Crippen LogP contribution in [0.3, 0.4) is 0 Å². The van der Waals surface area contributed by atoms with E-state index in [2.05, 4.69) is 34.6 Å². The quantitative estimate of drug-likeness (QED) is 0.232. The summed E-state index contributed by atoms with van der Waals surface area (Å²) in [7, 11) is 0. The fraction of sp³-hybridized carbons (Fsp3) is 0.125. The smallest absolute Gasteiger partial charge is 0.267 e. The Balaban J connectivity index is 1.33. The minimum absolute atomic E-state index is 0.221. The molecule has 4 rings (SSSR count). The number of thioether (sulfide) groups is 1. The number of amides is 1. The summed E-state index contributed by atoms with van der Waals surface area (Å²) >= 11 is 3.42. The molecular formula is C24H21N3OS2. The third-order valence-electron chi connectivity index (χ3n) is 4.65. The zero-order valence-corrected chi connectivity index (χ0v) is 18.4. The molecule has 0 radical (unpaired) electrons. The van der Waals surface area contributed by atoms with Crippen molar-refractivity contribution >= 4 is 45.4 Å². The fourth-order valence-electron chi connectivity index (χ4n) is 3.01. The van der Waals surface area contributed by atoms with Gasteiger partial charge in [0, 0.05) is 11.3 Å². The summed E-state index contributed by atoms with van der Waals surface area (Å²) in [5.74, 6) is 0.591. The number of hydrazone groups is 1. The molecule has 0 atom stereocenters. The molecule has 0 saturated carbocycles. The zero-order chi connectivity index (χ0) is 20.9. The van der Waals surface area contributed by atoms with Gasteiger partial charge in [-0.15, -0.1) is 11.3 Å². The molecule has 0 aliphatic heterocycles. The van der Waals surface area contributed by atoms with Crippen molar-refractivity contribution < 1.29 is 4.79 Å². The summed E-state index contributed by atoms with van der Waals surface area (Å²) in [6.07, 6.45) is 1.68. The van der Waals surface area contributed by atoms with E-state index in [0.29, 0.717) is 5.56 Å². The second-order valence-corrected chi connectivity index (χ2v) is 9.25. The van der Waals surface area contributed by atoms with Crippen molar-refractivity contribution in [3.8, 4) is 0 Å². The van der Waals surface area contributed by atoms with Crippen LogP contribution in [-0.2, 0) is 5.75 Å². The maximum absolute atomic E-state index is 12.3. The van der Waals surface area contributed by atoms with Crippen molar-refractivity contribution in [2.24, 2.45) is 5.10 Å². The van der Waals surface area contributed by atoms with E-state index in [1.165, 1.54) is 10.3 Å². The maximum atomic E-state index is 12.3. The Bertz CT molecular complexity index is 1180. The van der Waals surface area contributed by atoms with Crippen molar-refractivity contribution in [1.29, 1.82) is 0 Å². The van der Waals surface area contributed by atoms with Gasteiger partial charge in [0.05, 0.1) is 16.4 Å². The number of aryl methyl sites for hydroxylation is 2. The molecule has 3 aromatic carbocycles. The molecule has 1 aromatic heterocycles. The van der Waals surface area contributed by atoms with Crippen LogP contribution in [0, 0.1) is 13.8 Å². The Morgan fingerprint density at radius 2 is 1.90 bits per heavy atom. The van der Waals surface area contributed by atoms with Crippen molar-refractivity contribution in [3.05, 3.63) is 94.5 Å². The number of aromatic nitrogens is 1. The number of nitrogens with one attached hydrogen (secondary N) is 1. The third kappa shape index (κ3) is 4.96. The van der Waals surface area contributed by atoms with E-state index in [9.17, 15) is 4.79 Å². The lowest BCUT2D eigenvalue weighted by molar-refractivity contribution is 0.0955. The Morgan fingerprint density at radius 3 is 2.67 bits per heavy atom. The van der Waals surface area contributed by atoms with Crippen molar-refractivity contribution in [2.45, 2.75) is 23.9 Å². The number of nitrogens with zero attached hydrogens (tertiary/aromatic N) is 2. The van der Waals surface area contributed by atoms with Crippen molar-refractivity contribution in [2.75, 3.05) is 0 Å². The topological polar surface area (TPSA) is 54.4 Å². The summed E-state index contributed by atoms with van der Waals surface area (Å²) in [5.41, 5.74) is 8.69. The number of carbonyl (C=O) groups excluding carboxylic acids is 1. The predicted molar refractivity (Wildman–Crippen MR) is 127 cm³/mol. The molecule has 0 unspecified atom stereocenters. The number of fused-ring (bicyclic) bond motifs is 1. The van der Waals surface area contributed by atoms with Crippen molar-refractivity contribution in [3.63, 3.8) is 0 Å². The lowest BCUT2D eigenvalue weighted by Crippen LogP contribution is -2.17. The van der Waals surface area contributed by atoms with Gasteiger partial charge in [0.15, 0.2) is 4.34 Å². The molecule has 4 nitrogen and oxygen atoms in total. The molecule has 0 aliphatic carbocycles. The number of hydrogen-bond acceptors (Lipinski definition) is 5. The third-order valence-corrected chi connectivity index (χ3v) is 6.90. The van der Waals surface area contributed by atoms with Gasteiger partial charge in [0.1, 0.15) is 0 Å². The molecule has 6 heteroatoms. The van der Waals surface area contributed by atoms with Gasteiger partial charge in [-0.1, -0.05) is 59.8 Å². The molecular weight excluding hydrogens is 410 g/mol. The first-order valence-corrected chi connectivity index (χ1v) is 11.4. The summed E-state index contributed by atoms with van der Waals surface area (Å²) in [6, 6.07) is 21.9. The van der Waals surface area contributed by atoms with E-state index >= 15 is 0 Å². The van der Waals surface area contributed by atoms with Crippen LogP contribution < -0.4 is 5.43 Å². The molecule has 0 aliphatic rings. The van der Waals surface area contributed by atoms with Gasteiger partial charge >= 0.3 is 0 Å². The summed E-state index contributed by atoms with van der Waals surface area (Å²) < 4.78 is 2.26. The lowest BCUT2D eigenvalue weighted by Gasteiger charge is -2.04. The van der Waals surface area contributed by atoms with Gasteiger partial charge in [-0.25, -0.2) is 10.4 Å². The van der Waals surface area contributed by atoms with E-state index in [1.807, 2.05) is 61.5 Å². The molecule has 4 aromatic rings. The van der Waals surface area contributed by atoms with Gasteiger partial charge in [-0.05, 0) is 54.8 Å². The number of para-hydroxylation sites is 1. The van der Waals surface area contributed by atoms with Gasteiger partial charge < -0.3 is 0 Å². The molecule has 0 fully saturated rings. The van der Waals surface area contributed by atoms with Crippen LogP contribution in [0.15, 0.2) is 76.2 Å². The molecule has 1 heterocycles. The predicted octanol–water partition coefficient (Wildman–Crippen LogP) is 5.97. The molecule has 0 spiro atoms. The van der Waals surface area contributed by atoms with E-state index in [1.54, 1.807) is 29.3 Å². The van der Waals surface area contributed by atoms with E-state index in [4.69, 9.17) is 0 Å². The van der Waals surface area contributed by atoms with Crippen LogP contribution in [-0.4, -0.2) is 17.1 Å². The van der Waals surface area contributed by atoms with Crippen LogP contribution in [0.1, 0.15) is 32.6 Å². The van der Waals surface area contributed by atoms with E-state index < -0.39 is 0 Å². The van der Waals surface area contributed by atoms with Crippen LogP contribution in [0.2, 0.25) is 0 Å². The average molecular weight is 432 g/mol. The Labute approximate surface area is 184 Å². The van der Waals surface area contributed by atoms with Gasteiger partial charge in [0.2, 0.25) is 0 Å². The molecule has 30 heavy (non-hydrogen) atoms. The highest BCUT2D eigenvalue weighted by molar-refractivity contribution is 8.00. The number of carbonyl (C=O) groups is 1. The molecule has 150 valence electrons. The normalized spacial score (nSPS) is 11.3. The van der Waals surface area contributed by atoms with E-state index in [0.717, 1.165) is 32.3 Å². The minimum Gasteiger partial charge on any atom is -0.267 e. The average Bonchev–Trinajstić information content (AvgIpc) is 3.17. The molecule has 0 saturated heterocycles. The SMILES string of the molecule is Cc1ccc(C=NNC(=O)c2ccc(CSc3nc4ccccc4s3)cc2)c(C)c1. The van der Waals surface area contributed by atoms with Crippen molar-refractivity contribution in [1.82, 2.24) is 10.4 Å². The molecule has 1 N–H and O–H groups in total. The molecule has 0 bridgehead atoms. The van der Waals surface area contributed by atoms with Crippen LogP contribution in [0.4, 0.5) is 0 Å². The monoisotopic (exact) mass is 431 g/mol. The standard InChI is InChI=1S/C24H21N3OS2/c1-16-7-10-20(17(2)13-16)14-25-27-23(28)19-11-8-18(9-12-19)15-29-24-26-21-5-3-4-6-22(21)30-24/h3-14H,15H2,1-2H3,(H,27,28). The second kappa shape index (κ2) is 9.24. The Hall–Kier alpha value is -2.96. The summed E-state index contributed by atoms with van der Waals surface area (Å²) in [5, 5.41) is 4.09. The number of thiazole rings is 1. The Morgan fingerprint density at radius 1 is 1.10 bits per heavy atom. The second-order valence-electron chi connectivity index (χ2n) is 6.99. The van der Waals surface area contributed by atoms with Gasteiger partial charge in [0.25, 0.3) is 5.91 Å². The fourth-order valence-corrected chi connectivity index (χ4v) is 5.03. The number of rotatable bonds is 6. The van der Waals surface area contributed by atoms with Crippen LogP contribution in [0.25, 0.3) is 10.2 Å². The highest BCUT2D eigenvalue weighted by Crippen LogP contribution is 2.31. The largest absolute Gasteiger partial charge is 0.271 e. The highest BCUT2D eigenvalue weighted by atomic mass is 32.2. The Kier molecular flexibility index (Phi) is 6.26. The minimum atomic E-state index is -0.221. The van der Waals surface area contributed by atoms with Crippen LogP contribution >= 0.6 is 23.1 Å². The first kappa shape index (κ1) is 20.3. The summed E-state index contributed by atoms with van der Waals surface area (Å²) in [6.45, 7) is 4.08. The zero-order valence-electron chi connectivity index (χ0n) is 16.8. The van der Waals surface area contributed by atoms with Crippen LogP contribution in [0.5, 0.6) is 0 Å².